The van der Waals surface area contributed by atoms with E-state index < -0.39 is 5.60 Å². The van der Waals surface area contributed by atoms with Gasteiger partial charge in [0.1, 0.15) is 11.4 Å². The number of H-pyrrole nitrogens is 1. The molecular formula is C19H26N4O2. The van der Waals surface area contributed by atoms with E-state index in [1.165, 1.54) is 5.56 Å². The highest BCUT2D eigenvalue weighted by Gasteiger charge is 2.30. The van der Waals surface area contributed by atoms with Gasteiger partial charge < -0.3 is 15.0 Å². The topological polar surface area (TPSA) is 70.2 Å². The number of para-hydroxylation sites is 1. The predicted octanol–water partition coefficient (Wildman–Crippen LogP) is 3.04. The Balaban J connectivity index is 1.65. The molecule has 2 heterocycles. The molecule has 0 spiro atoms. The van der Waals surface area contributed by atoms with E-state index in [1.807, 2.05) is 27.0 Å². The molecule has 2 N–H and O–H groups in total. The summed E-state index contributed by atoms with van der Waals surface area (Å²) in [6, 6.07) is 6.22. The molecule has 0 saturated carbocycles. The Morgan fingerprint density at radius 3 is 2.96 bits per heavy atom. The lowest BCUT2D eigenvalue weighted by atomic mass is 10.1. The van der Waals surface area contributed by atoms with Crippen molar-refractivity contribution in [2.45, 2.75) is 45.8 Å². The van der Waals surface area contributed by atoms with Crippen LogP contribution in [0.25, 0.3) is 0 Å². The van der Waals surface area contributed by atoms with Crippen LogP contribution >= 0.6 is 0 Å². The first-order chi connectivity index (χ1) is 11.9. The van der Waals surface area contributed by atoms with Gasteiger partial charge in [0, 0.05) is 38.4 Å². The number of anilines is 1. The zero-order valence-corrected chi connectivity index (χ0v) is 15.1. The van der Waals surface area contributed by atoms with Gasteiger partial charge in [-0.1, -0.05) is 18.2 Å². The summed E-state index contributed by atoms with van der Waals surface area (Å²) in [4.78, 5) is 21.6. The van der Waals surface area contributed by atoms with Crippen LogP contribution in [0.2, 0.25) is 0 Å². The van der Waals surface area contributed by atoms with Gasteiger partial charge in [0.05, 0.1) is 5.69 Å². The summed E-state index contributed by atoms with van der Waals surface area (Å²) in [5.41, 5.74) is 2.84. The fourth-order valence-corrected chi connectivity index (χ4v) is 3.04. The Morgan fingerprint density at radius 1 is 1.40 bits per heavy atom. The van der Waals surface area contributed by atoms with Crippen molar-refractivity contribution in [1.29, 1.82) is 0 Å². The van der Waals surface area contributed by atoms with Crippen LogP contribution in [0.3, 0.4) is 0 Å². The number of carbonyl (C=O) groups is 1. The van der Waals surface area contributed by atoms with Crippen molar-refractivity contribution in [1.82, 2.24) is 15.3 Å². The molecule has 1 aliphatic rings. The number of ether oxygens (including phenoxy) is 1. The van der Waals surface area contributed by atoms with Crippen molar-refractivity contribution >= 4 is 11.8 Å². The number of nitrogens with one attached hydrogen (secondary N) is 2. The lowest BCUT2D eigenvalue weighted by Crippen LogP contribution is -2.36. The van der Waals surface area contributed by atoms with Gasteiger partial charge in [-0.25, -0.2) is 9.78 Å². The third-order valence-electron chi connectivity index (χ3n) is 4.10. The first kappa shape index (κ1) is 17.5. The van der Waals surface area contributed by atoms with Gasteiger partial charge in [-0.2, -0.15) is 0 Å². The Bertz CT molecular complexity index is 720. The molecule has 6 nitrogen and oxygen atoms in total. The average molecular weight is 342 g/mol. The van der Waals surface area contributed by atoms with E-state index in [0.29, 0.717) is 13.1 Å². The molecule has 0 radical (unpaired) electrons. The van der Waals surface area contributed by atoms with Crippen LogP contribution in [-0.2, 0) is 24.1 Å². The van der Waals surface area contributed by atoms with Crippen molar-refractivity contribution in [3.05, 3.63) is 47.5 Å². The van der Waals surface area contributed by atoms with Gasteiger partial charge in [0.25, 0.3) is 0 Å². The standard InChI is InChI=1S/C19H26N4O2/c1-19(2,3)25-18(24)23-12-8-14-5-4-6-15(17(14)23)13-20-9-7-16-21-10-11-22-16/h4-6,10-11,20H,7-9,12-13H2,1-3H3,(H,21,22). The Labute approximate surface area is 148 Å². The monoisotopic (exact) mass is 342 g/mol. The number of hydrogen-bond acceptors (Lipinski definition) is 4. The Kier molecular flexibility index (Phi) is 5.08. The van der Waals surface area contributed by atoms with Crippen molar-refractivity contribution in [3.8, 4) is 0 Å². The van der Waals surface area contributed by atoms with Crippen LogP contribution in [-0.4, -0.2) is 34.8 Å². The van der Waals surface area contributed by atoms with E-state index >= 15 is 0 Å². The van der Waals surface area contributed by atoms with Gasteiger partial charge in [-0.05, 0) is 38.3 Å². The van der Waals surface area contributed by atoms with Crippen LogP contribution in [0, 0.1) is 0 Å². The third kappa shape index (κ3) is 4.39. The average Bonchev–Trinajstić information content (AvgIpc) is 3.19. The van der Waals surface area contributed by atoms with Crippen LogP contribution in [0.1, 0.15) is 37.7 Å². The molecule has 25 heavy (non-hydrogen) atoms. The highest BCUT2D eigenvalue weighted by molar-refractivity contribution is 5.91. The fraction of sp³-hybridized carbons (Fsp3) is 0.474. The molecule has 0 fully saturated rings. The maximum atomic E-state index is 12.5. The van der Waals surface area contributed by atoms with Crippen molar-refractivity contribution in [2.75, 3.05) is 18.0 Å². The van der Waals surface area contributed by atoms with E-state index in [0.717, 1.165) is 36.5 Å². The Morgan fingerprint density at radius 2 is 2.24 bits per heavy atom. The van der Waals surface area contributed by atoms with Crippen molar-refractivity contribution in [2.24, 2.45) is 0 Å². The second-order valence-electron chi connectivity index (χ2n) is 7.27. The third-order valence-corrected chi connectivity index (χ3v) is 4.10. The quantitative estimate of drug-likeness (QED) is 0.820. The van der Waals surface area contributed by atoms with Crippen molar-refractivity contribution in [3.63, 3.8) is 0 Å². The molecule has 1 amide bonds. The SMILES string of the molecule is CC(C)(C)OC(=O)N1CCc2cccc(CNCCc3ncc[nH]3)c21. The molecule has 0 aliphatic carbocycles. The summed E-state index contributed by atoms with van der Waals surface area (Å²) >= 11 is 0. The van der Waals surface area contributed by atoms with Gasteiger partial charge in [-0.15, -0.1) is 0 Å². The van der Waals surface area contributed by atoms with Gasteiger partial charge >= 0.3 is 6.09 Å². The van der Waals surface area contributed by atoms with Crippen molar-refractivity contribution < 1.29 is 9.53 Å². The molecule has 0 atom stereocenters. The lowest BCUT2D eigenvalue weighted by molar-refractivity contribution is 0.0583. The molecule has 2 aromatic rings. The number of benzene rings is 1. The summed E-state index contributed by atoms with van der Waals surface area (Å²) in [5, 5.41) is 3.44. The largest absolute Gasteiger partial charge is 0.443 e. The molecule has 1 aromatic carbocycles. The molecule has 1 aromatic heterocycles. The molecular weight excluding hydrogens is 316 g/mol. The summed E-state index contributed by atoms with van der Waals surface area (Å²) in [5.74, 6) is 0.973. The smallest absolute Gasteiger partial charge is 0.414 e. The summed E-state index contributed by atoms with van der Waals surface area (Å²) in [6.45, 7) is 7.89. The summed E-state index contributed by atoms with van der Waals surface area (Å²) in [6.07, 6.45) is 5.04. The predicted molar refractivity (Wildman–Crippen MR) is 97.7 cm³/mol. The number of rotatable bonds is 5. The minimum Gasteiger partial charge on any atom is -0.443 e. The summed E-state index contributed by atoms with van der Waals surface area (Å²) in [7, 11) is 0. The summed E-state index contributed by atoms with van der Waals surface area (Å²) < 4.78 is 5.56. The zero-order valence-electron chi connectivity index (χ0n) is 15.1. The zero-order chi connectivity index (χ0) is 17.9. The second-order valence-corrected chi connectivity index (χ2v) is 7.27. The number of aromatic amines is 1. The second kappa shape index (κ2) is 7.27. The van der Waals surface area contributed by atoms with E-state index in [4.69, 9.17) is 4.74 Å². The number of fused-ring (bicyclic) bond motifs is 1. The minimum absolute atomic E-state index is 0.269. The Hall–Kier alpha value is -2.34. The molecule has 0 saturated heterocycles. The molecule has 1 aliphatic heterocycles. The van der Waals surface area contributed by atoms with Gasteiger partial charge in [0.15, 0.2) is 0 Å². The van der Waals surface area contributed by atoms with E-state index in [-0.39, 0.29) is 6.09 Å². The van der Waals surface area contributed by atoms with E-state index in [9.17, 15) is 4.79 Å². The van der Waals surface area contributed by atoms with Gasteiger partial charge in [0.2, 0.25) is 0 Å². The molecule has 3 rings (SSSR count). The number of amides is 1. The fourth-order valence-electron chi connectivity index (χ4n) is 3.04. The lowest BCUT2D eigenvalue weighted by Gasteiger charge is -2.26. The number of aromatic nitrogens is 2. The number of imidazole rings is 1. The minimum atomic E-state index is -0.490. The van der Waals surface area contributed by atoms with E-state index in [1.54, 1.807) is 11.1 Å². The molecule has 0 unspecified atom stereocenters. The first-order valence-electron chi connectivity index (χ1n) is 8.74. The van der Waals surface area contributed by atoms with Crippen LogP contribution < -0.4 is 10.2 Å². The highest BCUT2D eigenvalue weighted by atomic mass is 16.6. The highest BCUT2D eigenvalue weighted by Crippen LogP contribution is 2.33. The first-order valence-corrected chi connectivity index (χ1v) is 8.74. The normalized spacial score (nSPS) is 13.8. The van der Waals surface area contributed by atoms with Crippen LogP contribution in [0.15, 0.2) is 30.6 Å². The molecule has 0 bridgehead atoms. The molecule has 6 heteroatoms. The number of carbonyl (C=O) groups excluding carboxylic acids is 1. The number of nitrogens with zero attached hydrogens (tertiary/aromatic N) is 2. The maximum absolute atomic E-state index is 12.5. The van der Waals surface area contributed by atoms with Crippen LogP contribution in [0.5, 0.6) is 0 Å². The maximum Gasteiger partial charge on any atom is 0.414 e. The molecule has 134 valence electrons. The number of hydrogen-bond donors (Lipinski definition) is 2. The van der Waals surface area contributed by atoms with Gasteiger partial charge in [-0.3, -0.25) is 4.90 Å². The van der Waals surface area contributed by atoms with Crippen LogP contribution in [0.4, 0.5) is 10.5 Å². The van der Waals surface area contributed by atoms with E-state index in [2.05, 4.69) is 33.5 Å².